The van der Waals surface area contributed by atoms with E-state index in [9.17, 15) is 9.90 Å². The molecule has 0 aliphatic heterocycles. The van der Waals surface area contributed by atoms with Gasteiger partial charge in [-0.1, -0.05) is 12.2 Å². The van der Waals surface area contributed by atoms with Crippen molar-refractivity contribution in [3.05, 3.63) is 12.2 Å². The van der Waals surface area contributed by atoms with Gasteiger partial charge in [0.1, 0.15) is 0 Å². The highest BCUT2D eigenvalue weighted by atomic mass is 16.3. The van der Waals surface area contributed by atoms with Gasteiger partial charge in [0.15, 0.2) is 0 Å². The summed E-state index contributed by atoms with van der Waals surface area (Å²) in [6, 6.07) is 0. The third kappa shape index (κ3) is 1.59. The lowest BCUT2D eigenvalue weighted by molar-refractivity contribution is -0.121. The number of carbonyl (C=O) groups excluding carboxylic acids is 1. The maximum absolute atomic E-state index is 11.0. The van der Waals surface area contributed by atoms with Crippen LogP contribution in [0.2, 0.25) is 0 Å². The normalized spacial score (nSPS) is 44.8. The number of rotatable bonds is 1. The van der Waals surface area contributed by atoms with E-state index in [1.807, 2.05) is 19.1 Å². The van der Waals surface area contributed by atoms with Crippen molar-refractivity contribution < 1.29 is 9.90 Å². The smallest absolute Gasteiger partial charge is 0.224 e. The van der Waals surface area contributed by atoms with E-state index in [0.29, 0.717) is 0 Å². The third-order valence-corrected chi connectivity index (χ3v) is 4.27. The molecule has 3 nitrogen and oxygen atoms in total. The van der Waals surface area contributed by atoms with Gasteiger partial charge in [-0.2, -0.15) is 0 Å². The zero-order valence-corrected chi connectivity index (χ0v) is 9.20. The van der Waals surface area contributed by atoms with Gasteiger partial charge in [-0.15, -0.1) is 0 Å². The van der Waals surface area contributed by atoms with E-state index in [1.54, 1.807) is 0 Å². The minimum absolute atomic E-state index is 0.0983. The number of primary amides is 1. The Labute approximate surface area is 90.3 Å². The number of nitrogens with two attached hydrogens (primary N) is 1. The Bertz CT molecular complexity index is 309. The van der Waals surface area contributed by atoms with Gasteiger partial charge < -0.3 is 10.8 Å². The molecular formula is C12H19NO2. The molecule has 2 aliphatic carbocycles. The van der Waals surface area contributed by atoms with Crippen molar-refractivity contribution >= 4 is 5.91 Å². The van der Waals surface area contributed by atoms with Crippen LogP contribution in [0.15, 0.2) is 12.2 Å². The summed E-state index contributed by atoms with van der Waals surface area (Å²) < 4.78 is 0. The second-order valence-electron chi connectivity index (χ2n) is 5.19. The number of hydrogen-bond acceptors (Lipinski definition) is 2. The molecule has 0 heterocycles. The summed E-state index contributed by atoms with van der Waals surface area (Å²) in [4.78, 5) is 11.0. The van der Waals surface area contributed by atoms with E-state index in [4.69, 9.17) is 5.73 Å². The summed E-state index contributed by atoms with van der Waals surface area (Å²) in [6.07, 6.45) is 8.55. The molecule has 0 radical (unpaired) electrons. The molecule has 3 heteroatoms. The molecule has 1 fully saturated rings. The molecule has 0 saturated heterocycles. The Morgan fingerprint density at radius 3 is 2.60 bits per heavy atom. The SMILES string of the molecule is C[C@@]1(O)CCC[C@@]12C=CC(C(N)=O)CC2. The summed E-state index contributed by atoms with van der Waals surface area (Å²) >= 11 is 0. The summed E-state index contributed by atoms with van der Waals surface area (Å²) in [5, 5.41) is 10.3. The topological polar surface area (TPSA) is 63.3 Å². The first kappa shape index (κ1) is 10.7. The van der Waals surface area contributed by atoms with E-state index >= 15 is 0 Å². The fraction of sp³-hybridized carbons (Fsp3) is 0.750. The van der Waals surface area contributed by atoms with Gasteiger partial charge in [0.05, 0.1) is 11.5 Å². The van der Waals surface area contributed by atoms with Crippen molar-refractivity contribution in [2.24, 2.45) is 17.1 Å². The molecule has 3 atom stereocenters. The Balaban J connectivity index is 2.21. The average molecular weight is 209 g/mol. The quantitative estimate of drug-likeness (QED) is 0.640. The van der Waals surface area contributed by atoms with Gasteiger partial charge >= 0.3 is 0 Å². The molecule has 2 aliphatic rings. The van der Waals surface area contributed by atoms with Crippen LogP contribution in [0.5, 0.6) is 0 Å². The van der Waals surface area contributed by atoms with Crippen LogP contribution in [0.25, 0.3) is 0 Å². The molecule has 0 aromatic rings. The van der Waals surface area contributed by atoms with Gasteiger partial charge in [-0.05, 0) is 39.0 Å². The molecule has 15 heavy (non-hydrogen) atoms. The van der Waals surface area contributed by atoms with Crippen molar-refractivity contribution in [1.82, 2.24) is 0 Å². The van der Waals surface area contributed by atoms with Crippen molar-refractivity contribution in [3.63, 3.8) is 0 Å². The molecular weight excluding hydrogens is 190 g/mol. The number of carbonyl (C=O) groups is 1. The van der Waals surface area contributed by atoms with Crippen molar-refractivity contribution in [1.29, 1.82) is 0 Å². The number of aliphatic hydroxyl groups is 1. The van der Waals surface area contributed by atoms with E-state index in [-0.39, 0.29) is 17.2 Å². The zero-order chi connectivity index (χ0) is 11.1. The van der Waals surface area contributed by atoms with Crippen LogP contribution in [0, 0.1) is 11.3 Å². The molecule has 0 bridgehead atoms. The van der Waals surface area contributed by atoms with Crippen LogP contribution < -0.4 is 5.73 Å². The summed E-state index contributed by atoms with van der Waals surface area (Å²) in [5.74, 6) is -0.384. The molecule has 1 unspecified atom stereocenters. The van der Waals surface area contributed by atoms with Gasteiger partial charge in [0.25, 0.3) is 0 Å². The fourth-order valence-corrected chi connectivity index (χ4v) is 3.05. The van der Waals surface area contributed by atoms with Crippen LogP contribution in [0.4, 0.5) is 0 Å². The molecule has 1 spiro atoms. The van der Waals surface area contributed by atoms with Crippen molar-refractivity contribution in [3.8, 4) is 0 Å². The standard InChI is InChI=1S/C12H19NO2/c1-11(15)5-2-6-12(11)7-3-9(4-8-12)10(13)14/h3,7,9,15H,2,4-6,8H2,1H3,(H2,13,14)/t9?,11-,12+/m1/s1. The van der Waals surface area contributed by atoms with Crippen molar-refractivity contribution in [2.45, 2.75) is 44.6 Å². The summed E-state index contributed by atoms with van der Waals surface area (Å²) in [6.45, 7) is 1.91. The number of hydrogen-bond donors (Lipinski definition) is 2. The van der Waals surface area contributed by atoms with Crippen molar-refractivity contribution in [2.75, 3.05) is 0 Å². The maximum Gasteiger partial charge on any atom is 0.224 e. The zero-order valence-electron chi connectivity index (χ0n) is 9.20. The van der Waals surface area contributed by atoms with E-state index in [2.05, 4.69) is 0 Å². The third-order valence-electron chi connectivity index (χ3n) is 4.27. The van der Waals surface area contributed by atoms with Crippen LogP contribution in [-0.2, 0) is 4.79 Å². The molecule has 0 aromatic heterocycles. The Morgan fingerprint density at radius 1 is 1.47 bits per heavy atom. The first-order valence-corrected chi connectivity index (χ1v) is 5.68. The van der Waals surface area contributed by atoms with Crippen LogP contribution in [0.1, 0.15) is 39.0 Å². The maximum atomic E-state index is 11.0. The minimum atomic E-state index is -0.605. The highest BCUT2D eigenvalue weighted by molar-refractivity contribution is 5.78. The first-order valence-electron chi connectivity index (χ1n) is 5.68. The Hall–Kier alpha value is -0.830. The van der Waals surface area contributed by atoms with Crippen LogP contribution >= 0.6 is 0 Å². The van der Waals surface area contributed by atoms with Crippen LogP contribution in [0.3, 0.4) is 0 Å². The second-order valence-corrected chi connectivity index (χ2v) is 5.19. The molecule has 0 aromatic carbocycles. The summed E-state index contributed by atoms with van der Waals surface area (Å²) in [5.41, 5.74) is 4.57. The second kappa shape index (κ2) is 3.34. The lowest BCUT2D eigenvalue weighted by Crippen LogP contribution is -2.42. The molecule has 3 N–H and O–H groups in total. The Kier molecular flexibility index (Phi) is 2.38. The molecule has 1 amide bonds. The fourth-order valence-electron chi connectivity index (χ4n) is 3.05. The predicted octanol–water partition coefficient (Wildman–Crippen LogP) is 1.36. The lowest BCUT2D eigenvalue weighted by atomic mass is 9.67. The molecule has 2 rings (SSSR count). The van der Waals surface area contributed by atoms with Gasteiger partial charge in [0.2, 0.25) is 5.91 Å². The monoisotopic (exact) mass is 209 g/mol. The average Bonchev–Trinajstić information content (AvgIpc) is 2.43. The largest absolute Gasteiger partial charge is 0.389 e. The minimum Gasteiger partial charge on any atom is -0.389 e. The predicted molar refractivity (Wildman–Crippen MR) is 58.0 cm³/mol. The van der Waals surface area contributed by atoms with Gasteiger partial charge in [-0.3, -0.25) is 4.79 Å². The van der Waals surface area contributed by atoms with E-state index in [0.717, 1.165) is 32.1 Å². The van der Waals surface area contributed by atoms with E-state index in [1.165, 1.54) is 0 Å². The Morgan fingerprint density at radius 2 is 2.20 bits per heavy atom. The van der Waals surface area contributed by atoms with Gasteiger partial charge in [0, 0.05) is 5.41 Å². The highest BCUT2D eigenvalue weighted by Crippen LogP contribution is 2.52. The lowest BCUT2D eigenvalue weighted by Gasteiger charge is -2.41. The summed E-state index contributed by atoms with van der Waals surface area (Å²) in [7, 11) is 0. The van der Waals surface area contributed by atoms with E-state index < -0.39 is 5.60 Å². The van der Waals surface area contributed by atoms with Crippen LogP contribution in [-0.4, -0.2) is 16.6 Å². The molecule has 84 valence electrons. The first-order chi connectivity index (χ1) is 6.97. The molecule has 1 saturated carbocycles. The highest BCUT2D eigenvalue weighted by Gasteiger charge is 2.50. The number of amides is 1. The van der Waals surface area contributed by atoms with Gasteiger partial charge in [-0.25, -0.2) is 0 Å².